The first-order valence-corrected chi connectivity index (χ1v) is 8.83. The highest BCUT2D eigenvalue weighted by molar-refractivity contribution is 6.30. The predicted molar refractivity (Wildman–Crippen MR) is 95.2 cm³/mol. The lowest BCUT2D eigenvalue weighted by Gasteiger charge is -2.33. The van der Waals surface area contributed by atoms with Crippen LogP contribution in [0.5, 0.6) is 0 Å². The minimum atomic E-state index is -0.421. The zero-order valence-electron chi connectivity index (χ0n) is 14.1. The van der Waals surface area contributed by atoms with Gasteiger partial charge in [0.25, 0.3) is 5.91 Å². The molecule has 2 aromatic rings. The van der Waals surface area contributed by atoms with Crippen LogP contribution >= 0.6 is 11.6 Å². The lowest BCUT2D eigenvalue weighted by atomic mass is 9.84. The number of carbonyl (C=O) groups is 1. The summed E-state index contributed by atoms with van der Waals surface area (Å²) in [5, 5.41) is 14.5. The van der Waals surface area contributed by atoms with Crippen LogP contribution in [-0.2, 0) is 18.5 Å². The number of nitrogens with one attached hydrogen (secondary N) is 3. The molecule has 0 fully saturated rings. The second-order valence-electron chi connectivity index (χ2n) is 6.21. The van der Waals surface area contributed by atoms with Crippen molar-refractivity contribution in [3.63, 3.8) is 0 Å². The fraction of sp³-hybridized carbons (Fsp3) is 0.444. The summed E-state index contributed by atoms with van der Waals surface area (Å²) in [6, 6.07) is 7.70. The van der Waals surface area contributed by atoms with Gasteiger partial charge >= 0.3 is 0 Å². The third-order valence-corrected chi connectivity index (χ3v) is 5.23. The molecule has 0 bridgehead atoms. The zero-order chi connectivity index (χ0) is 17.2. The fourth-order valence-electron chi connectivity index (χ4n) is 3.37. The van der Waals surface area contributed by atoms with Crippen molar-refractivity contribution in [3.05, 3.63) is 51.8 Å². The van der Waals surface area contributed by atoms with Gasteiger partial charge in [0.15, 0.2) is 5.69 Å². The van der Waals surface area contributed by atoms with Crippen molar-refractivity contribution in [1.29, 1.82) is 0 Å². The number of benzene rings is 1. The molecule has 6 heteroatoms. The van der Waals surface area contributed by atoms with Gasteiger partial charge in [-0.25, -0.2) is 0 Å². The Labute approximate surface area is 147 Å². The Morgan fingerprint density at radius 3 is 2.67 bits per heavy atom. The Morgan fingerprint density at radius 2 is 2.00 bits per heavy atom. The number of halogens is 1. The van der Waals surface area contributed by atoms with Crippen LogP contribution in [0.2, 0.25) is 5.02 Å². The second kappa shape index (κ2) is 6.95. The molecule has 5 nitrogen and oxygen atoms in total. The molecule has 128 valence electrons. The van der Waals surface area contributed by atoms with Crippen LogP contribution in [-0.4, -0.2) is 22.6 Å². The molecular formula is C18H23ClN4O. The van der Waals surface area contributed by atoms with Gasteiger partial charge in [0.1, 0.15) is 0 Å². The Bertz CT molecular complexity index is 719. The predicted octanol–water partition coefficient (Wildman–Crippen LogP) is 3.15. The molecule has 0 atom stereocenters. The van der Waals surface area contributed by atoms with E-state index < -0.39 is 5.54 Å². The summed E-state index contributed by atoms with van der Waals surface area (Å²) >= 11 is 6.01. The van der Waals surface area contributed by atoms with E-state index in [-0.39, 0.29) is 5.91 Å². The fourth-order valence-corrected chi connectivity index (χ4v) is 3.49. The van der Waals surface area contributed by atoms with E-state index >= 15 is 0 Å². The summed E-state index contributed by atoms with van der Waals surface area (Å²) in [6.07, 6.45) is 2.46. The van der Waals surface area contributed by atoms with Gasteiger partial charge in [0.2, 0.25) is 0 Å². The highest BCUT2D eigenvalue weighted by Crippen LogP contribution is 2.30. The van der Waals surface area contributed by atoms with Gasteiger partial charge in [-0.05, 0) is 30.5 Å². The Hall–Kier alpha value is -1.85. The molecule has 0 unspecified atom stereocenters. The monoisotopic (exact) mass is 346 g/mol. The van der Waals surface area contributed by atoms with Crippen molar-refractivity contribution in [1.82, 2.24) is 20.8 Å². The van der Waals surface area contributed by atoms with Gasteiger partial charge in [0, 0.05) is 35.8 Å². The number of H-pyrrole nitrogens is 1. The largest absolute Gasteiger partial charge is 0.341 e. The summed E-state index contributed by atoms with van der Waals surface area (Å²) in [4.78, 5) is 12.9. The molecule has 1 aromatic carbocycles. The van der Waals surface area contributed by atoms with Gasteiger partial charge in [-0.1, -0.05) is 37.6 Å². The van der Waals surface area contributed by atoms with Crippen LogP contribution < -0.4 is 10.6 Å². The van der Waals surface area contributed by atoms with E-state index in [2.05, 4.69) is 34.7 Å². The van der Waals surface area contributed by atoms with Crippen LogP contribution in [0.15, 0.2) is 24.3 Å². The minimum Gasteiger partial charge on any atom is -0.341 e. The number of hydrogen-bond donors (Lipinski definition) is 3. The van der Waals surface area contributed by atoms with Crippen molar-refractivity contribution in [3.8, 4) is 0 Å². The van der Waals surface area contributed by atoms with Gasteiger partial charge in [-0.3, -0.25) is 9.89 Å². The quantitative estimate of drug-likeness (QED) is 0.779. The number of hydrogen-bond acceptors (Lipinski definition) is 3. The third-order valence-electron chi connectivity index (χ3n) is 4.98. The van der Waals surface area contributed by atoms with E-state index in [4.69, 9.17) is 11.6 Å². The molecule has 0 spiro atoms. The molecule has 3 rings (SSSR count). The molecule has 1 amide bonds. The summed E-state index contributed by atoms with van der Waals surface area (Å²) < 4.78 is 0. The highest BCUT2D eigenvalue weighted by atomic mass is 35.5. The molecule has 1 aliphatic rings. The molecule has 1 aliphatic heterocycles. The molecule has 0 saturated heterocycles. The van der Waals surface area contributed by atoms with Crippen LogP contribution in [0.3, 0.4) is 0 Å². The number of aromatic nitrogens is 2. The first kappa shape index (κ1) is 17.0. The van der Waals surface area contributed by atoms with Crippen LogP contribution in [0.25, 0.3) is 0 Å². The molecule has 0 aliphatic carbocycles. The molecule has 3 N–H and O–H groups in total. The topological polar surface area (TPSA) is 69.8 Å². The molecule has 1 aromatic heterocycles. The molecule has 2 heterocycles. The maximum atomic E-state index is 12.9. The highest BCUT2D eigenvalue weighted by Gasteiger charge is 2.32. The SMILES string of the molecule is CCC(CC)(NC(=O)c1n[nH]c2c1CNCC2)c1ccc(Cl)cc1. The Kier molecular flexibility index (Phi) is 4.92. The van der Waals surface area contributed by atoms with E-state index in [1.807, 2.05) is 24.3 Å². The third kappa shape index (κ3) is 3.06. The van der Waals surface area contributed by atoms with E-state index in [9.17, 15) is 4.79 Å². The molecule has 0 saturated carbocycles. The van der Waals surface area contributed by atoms with Crippen LogP contribution in [0.4, 0.5) is 0 Å². The zero-order valence-corrected chi connectivity index (χ0v) is 14.8. The smallest absolute Gasteiger partial charge is 0.272 e. The average Bonchev–Trinajstić information content (AvgIpc) is 3.05. The second-order valence-corrected chi connectivity index (χ2v) is 6.64. The Morgan fingerprint density at radius 1 is 1.29 bits per heavy atom. The van der Waals surface area contributed by atoms with Crippen molar-refractivity contribution < 1.29 is 4.79 Å². The number of carbonyl (C=O) groups excluding carboxylic acids is 1. The number of nitrogens with zero attached hydrogens (tertiary/aromatic N) is 1. The number of fused-ring (bicyclic) bond motifs is 1. The number of aromatic amines is 1. The van der Waals surface area contributed by atoms with E-state index in [0.29, 0.717) is 17.3 Å². The van der Waals surface area contributed by atoms with E-state index in [0.717, 1.165) is 42.6 Å². The lowest BCUT2D eigenvalue weighted by molar-refractivity contribution is 0.0883. The van der Waals surface area contributed by atoms with Crippen molar-refractivity contribution in [2.45, 2.75) is 45.2 Å². The number of rotatable bonds is 5. The first-order chi connectivity index (χ1) is 11.6. The maximum absolute atomic E-state index is 12.9. The molecule has 0 radical (unpaired) electrons. The molecular weight excluding hydrogens is 324 g/mol. The number of amides is 1. The summed E-state index contributed by atoms with van der Waals surface area (Å²) in [5.74, 6) is -0.130. The first-order valence-electron chi connectivity index (χ1n) is 8.45. The maximum Gasteiger partial charge on any atom is 0.272 e. The van der Waals surface area contributed by atoms with E-state index in [1.54, 1.807) is 0 Å². The normalized spacial score (nSPS) is 14.3. The van der Waals surface area contributed by atoms with Gasteiger partial charge in [0.05, 0.1) is 5.54 Å². The van der Waals surface area contributed by atoms with Crippen molar-refractivity contribution in [2.24, 2.45) is 0 Å². The summed E-state index contributed by atoms with van der Waals surface area (Å²) in [5.41, 5.74) is 3.18. The van der Waals surface area contributed by atoms with Crippen LogP contribution in [0, 0.1) is 0 Å². The standard InChI is InChI=1S/C18H23ClN4O/c1-3-18(4-2,12-5-7-13(19)8-6-12)21-17(24)16-14-11-20-10-9-15(14)22-23-16/h5-8,20H,3-4,9-11H2,1-2H3,(H,21,24)(H,22,23). The van der Waals surface area contributed by atoms with Crippen molar-refractivity contribution in [2.75, 3.05) is 6.54 Å². The van der Waals surface area contributed by atoms with Gasteiger partial charge in [-0.15, -0.1) is 0 Å². The lowest BCUT2D eigenvalue weighted by Crippen LogP contribution is -2.45. The van der Waals surface area contributed by atoms with Crippen LogP contribution in [0.1, 0.15) is 54.0 Å². The minimum absolute atomic E-state index is 0.130. The van der Waals surface area contributed by atoms with E-state index in [1.165, 1.54) is 0 Å². The summed E-state index contributed by atoms with van der Waals surface area (Å²) in [6.45, 7) is 5.76. The van der Waals surface area contributed by atoms with Gasteiger partial charge < -0.3 is 10.6 Å². The van der Waals surface area contributed by atoms with Crippen molar-refractivity contribution >= 4 is 17.5 Å². The molecule has 24 heavy (non-hydrogen) atoms. The summed E-state index contributed by atoms with van der Waals surface area (Å²) in [7, 11) is 0. The average molecular weight is 347 g/mol. The van der Waals surface area contributed by atoms with Gasteiger partial charge in [-0.2, -0.15) is 5.10 Å². The Balaban J connectivity index is 1.89.